The van der Waals surface area contributed by atoms with E-state index in [9.17, 15) is 4.79 Å². The quantitative estimate of drug-likeness (QED) is 0.742. The van der Waals surface area contributed by atoms with E-state index in [1.807, 2.05) is 31.2 Å². The minimum Gasteiger partial charge on any atom is -0.497 e. The first-order chi connectivity index (χ1) is 12.1. The van der Waals surface area contributed by atoms with Gasteiger partial charge in [-0.15, -0.1) is 10.2 Å². The Balaban J connectivity index is 1.66. The van der Waals surface area contributed by atoms with Crippen LogP contribution in [0.3, 0.4) is 0 Å². The second-order valence-electron chi connectivity index (χ2n) is 5.48. The van der Waals surface area contributed by atoms with Crippen LogP contribution in [0.2, 0.25) is 0 Å². The highest BCUT2D eigenvalue weighted by molar-refractivity contribution is 6.03. The number of benzene rings is 2. The molecule has 1 amide bonds. The van der Waals surface area contributed by atoms with Gasteiger partial charge in [0.25, 0.3) is 5.91 Å². The zero-order valence-electron chi connectivity index (χ0n) is 14.0. The highest BCUT2D eigenvalue weighted by Gasteiger charge is 2.08. The van der Waals surface area contributed by atoms with Crippen molar-refractivity contribution in [2.24, 2.45) is 0 Å². The molecule has 0 fully saturated rings. The summed E-state index contributed by atoms with van der Waals surface area (Å²) < 4.78 is 5.12. The van der Waals surface area contributed by atoms with Crippen LogP contribution in [0.5, 0.6) is 5.75 Å². The normalized spacial score (nSPS) is 10.2. The lowest BCUT2D eigenvalue weighted by atomic mass is 10.2. The van der Waals surface area contributed by atoms with Gasteiger partial charge in [-0.3, -0.25) is 4.79 Å². The number of ether oxygens (including phenoxy) is 1. The van der Waals surface area contributed by atoms with Gasteiger partial charge in [0, 0.05) is 11.3 Å². The molecule has 1 aromatic heterocycles. The molecule has 3 rings (SSSR count). The Kier molecular flexibility index (Phi) is 4.89. The van der Waals surface area contributed by atoms with Crippen molar-refractivity contribution in [3.8, 4) is 5.75 Å². The van der Waals surface area contributed by atoms with E-state index in [-0.39, 0.29) is 5.91 Å². The number of hydrogen-bond donors (Lipinski definition) is 2. The zero-order valence-corrected chi connectivity index (χ0v) is 14.0. The van der Waals surface area contributed by atoms with E-state index >= 15 is 0 Å². The minimum atomic E-state index is -0.271. The topological polar surface area (TPSA) is 76.1 Å². The second kappa shape index (κ2) is 7.44. The summed E-state index contributed by atoms with van der Waals surface area (Å²) in [5.74, 6) is 1.33. The van der Waals surface area contributed by atoms with Crippen molar-refractivity contribution in [3.63, 3.8) is 0 Å². The van der Waals surface area contributed by atoms with Gasteiger partial charge in [0.05, 0.1) is 7.11 Å². The maximum Gasteiger partial charge on any atom is 0.256 e. The lowest BCUT2D eigenvalue weighted by molar-refractivity contribution is 0.102. The summed E-state index contributed by atoms with van der Waals surface area (Å²) >= 11 is 0. The van der Waals surface area contributed by atoms with Crippen LogP contribution in [-0.4, -0.2) is 23.2 Å². The molecule has 126 valence electrons. The summed E-state index contributed by atoms with van der Waals surface area (Å²) in [5, 5.41) is 14.0. The molecule has 0 saturated carbocycles. The molecule has 0 atom stereocenters. The Hall–Kier alpha value is -3.41. The second-order valence-corrected chi connectivity index (χ2v) is 5.48. The van der Waals surface area contributed by atoms with E-state index in [0.717, 1.165) is 11.3 Å². The van der Waals surface area contributed by atoms with Gasteiger partial charge in [-0.25, -0.2) is 0 Å². The van der Waals surface area contributed by atoms with Gasteiger partial charge >= 0.3 is 0 Å². The third-order valence-electron chi connectivity index (χ3n) is 3.53. The SMILES string of the molecule is COc1cccc(C(=O)Nc2ccc(Nc3cccc(C)c3)nn2)c1. The number of carbonyl (C=O) groups is 1. The maximum absolute atomic E-state index is 12.2. The molecular formula is C19H18N4O2. The summed E-state index contributed by atoms with van der Waals surface area (Å²) in [7, 11) is 1.56. The van der Waals surface area contributed by atoms with Crippen molar-refractivity contribution < 1.29 is 9.53 Å². The van der Waals surface area contributed by atoms with Crippen LogP contribution in [-0.2, 0) is 0 Å². The number of hydrogen-bond acceptors (Lipinski definition) is 5. The summed E-state index contributed by atoms with van der Waals surface area (Å²) in [5.41, 5.74) is 2.57. The van der Waals surface area contributed by atoms with Crippen LogP contribution in [0, 0.1) is 6.92 Å². The fourth-order valence-corrected chi connectivity index (χ4v) is 2.29. The highest BCUT2D eigenvalue weighted by Crippen LogP contribution is 2.17. The van der Waals surface area contributed by atoms with Gasteiger partial charge in [0.2, 0.25) is 0 Å². The number of nitrogens with zero attached hydrogens (tertiary/aromatic N) is 2. The largest absolute Gasteiger partial charge is 0.497 e. The fourth-order valence-electron chi connectivity index (χ4n) is 2.29. The van der Waals surface area contributed by atoms with Crippen molar-refractivity contribution >= 4 is 23.2 Å². The van der Waals surface area contributed by atoms with Gasteiger partial charge in [-0.1, -0.05) is 18.2 Å². The Morgan fingerprint density at radius 2 is 1.72 bits per heavy atom. The average Bonchev–Trinajstić information content (AvgIpc) is 2.63. The Morgan fingerprint density at radius 1 is 0.960 bits per heavy atom. The molecule has 0 bridgehead atoms. The lowest BCUT2D eigenvalue weighted by Crippen LogP contribution is -2.13. The van der Waals surface area contributed by atoms with E-state index in [1.165, 1.54) is 0 Å². The average molecular weight is 334 g/mol. The number of methoxy groups -OCH3 is 1. The molecule has 0 spiro atoms. The predicted molar refractivity (Wildman–Crippen MR) is 97.4 cm³/mol. The third-order valence-corrected chi connectivity index (χ3v) is 3.53. The number of aromatic nitrogens is 2. The minimum absolute atomic E-state index is 0.271. The van der Waals surface area contributed by atoms with E-state index < -0.39 is 0 Å². The van der Waals surface area contributed by atoms with Crippen LogP contribution >= 0.6 is 0 Å². The highest BCUT2D eigenvalue weighted by atomic mass is 16.5. The molecule has 2 aromatic carbocycles. The number of anilines is 3. The number of carbonyl (C=O) groups excluding carboxylic acids is 1. The first kappa shape index (κ1) is 16.4. The van der Waals surface area contributed by atoms with Gasteiger partial charge in [-0.2, -0.15) is 0 Å². The van der Waals surface area contributed by atoms with E-state index in [2.05, 4.69) is 20.8 Å². The van der Waals surface area contributed by atoms with Crippen LogP contribution in [0.15, 0.2) is 60.7 Å². The summed E-state index contributed by atoms with van der Waals surface area (Å²) in [6.07, 6.45) is 0. The molecule has 25 heavy (non-hydrogen) atoms. The standard InChI is InChI=1S/C19H18N4O2/c1-13-5-3-7-15(11-13)20-17-9-10-18(23-22-17)21-19(24)14-6-4-8-16(12-14)25-2/h3-12H,1-2H3,(H,20,22)(H,21,23,24). The van der Waals surface area contributed by atoms with Crippen molar-refractivity contribution in [1.82, 2.24) is 10.2 Å². The van der Waals surface area contributed by atoms with Crippen molar-refractivity contribution in [2.45, 2.75) is 6.92 Å². The summed E-state index contributed by atoms with van der Waals surface area (Å²) in [4.78, 5) is 12.2. The smallest absolute Gasteiger partial charge is 0.256 e. The number of nitrogens with one attached hydrogen (secondary N) is 2. The van der Waals surface area contributed by atoms with Crippen LogP contribution in [0.25, 0.3) is 0 Å². The third kappa shape index (κ3) is 4.32. The molecule has 6 heteroatoms. The maximum atomic E-state index is 12.2. The van der Waals surface area contributed by atoms with Crippen molar-refractivity contribution in [2.75, 3.05) is 17.7 Å². The van der Waals surface area contributed by atoms with Crippen LogP contribution in [0.1, 0.15) is 15.9 Å². The van der Waals surface area contributed by atoms with Gasteiger partial charge < -0.3 is 15.4 Å². The first-order valence-electron chi connectivity index (χ1n) is 7.77. The molecule has 6 nitrogen and oxygen atoms in total. The molecule has 0 radical (unpaired) electrons. The molecule has 0 aliphatic heterocycles. The first-order valence-corrected chi connectivity index (χ1v) is 7.77. The number of amides is 1. The Bertz CT molecular complexity index is 879. The Morgan fingerprint density at radius 3 is 2.44 bits per heavy atom. The van der Waals surface area contributed by atoms with Gasteiger partial charge in [0.15, 0.2) is 11.6 Å². The summed E-state index contributed by atoms with van der Waals surface area (Å²) in [6.45, 7) is 2.02. The molecule has 2 N–H and O–H groups in total. The van der Waals surface area contributed by atoms with Crippen LogP contribution < -0.4 is 15.4 Å². The van der Waals surface area contributed by atoms with E-state index in [4.69, 9.17) is 4.74 Å². The van der Waals surface area contributed by atoms with E-state index in [0.29, 0.717) is 22.9 Å². The van der Waals surface area contributed by atoms with Crippen molar-refractivity contribution in [3.05, 3.63) is 71.8 Å². The number of aryl methyl sites for hydroxylation is 1. The van der Waals surface area contributed by atoms with Gasteiger partial charge in [-0.05, 0) is 55.0 Å². The van der Waals surface area contributed by atoms with Gasteiger partial charge in [0.1, 0.15) is 5.75 Å². The van der Waals surface area contributed by atoms with E-state index in [1.54, 1.807) is 43.5 Å². The molecule has 0 aliphatic carbocycles. The fraction of sp³-hybridized carbons (Fsp3) is 0.105. The molecular weight excluding hydrogens is 316 g/mol. The lowest BCUT2D eigenvalue weighted by Gasteiger charge is -2.08. The monoisotopic (exact) mass is 334 g/mol. The van der Waals surface area contributed by atoms with Crippen molar-refractivity contribution in [1.29, 1.82) is 0 Å². The Labute approximate surface area is 145 Å². The molecule has 3 aromatic rings. The molecule has 0 aliphatic rings. The van der Waals surface area contributed by atoms with Crippen LogP contribution in [0.4, 0.5) is 17.3 Å². The summed E-state index contributed by atoms with van der Waals surface area (Å²) in [6, 6.07) is 18.3. The predicted octanol–water partition coefficient (Wildman–Crippen LogP) is 3.79. The zero-order chi connectivity index (χ0) is 17.6. The molecule has 0 unspecified atom stereocenters. The molecule has 1 heterocycles. The molecule has 0 saturated heterocycles. The number of rotatable bonds is 5.